The Morgan fingerprint density at radius 2 is 2.04 bits per heavy atom. The Labute approximate surface area is 157 Å². The lowest BCUT2D eigenvalue weighted by Gasteiger charge is -2.18. The van der Waals surface area contributed by atoms with Gasteiger partial charge in [-0.15, -0.1) is 0 Å². The monoisotopic (exact) mass is 369 g/mol. The van der Waals surface area contributed by atoms with Gasteiger partial charge in [0.25, 0.3) is 5.56 Å². The fraction of sp³-hybridized carbons (Fsp3) is 0.450. The predicted molar refractivity (Wildman–Crippen MR) is 103 cm³/mol. The van der Waals surface area contributed by atoms with Gasteiger partial charge in [-0.2, -0.15) is 0 Å². The van der Waals surface area contributed by atoms with Crippen LogP contribution in [0.2, 0.25) is 0 Å². The number of aryl methyl sites for hydroxylation is 1. The van der Waals surface area contributed by atoms with Crippen LogP contribution >= 0.6 is 11.8 Å². The number of nitrogens with zero attached hydrogens (tertiary/aromatic N) is 2. The second kappa shape index (κ2) is 7.66. The Balaban J connectivity index is 1.40. The summed E-state index contributed by atoms with van der Waals surface area (Å²) in [6.07, 6.45) is 5.06. The summed E-state index contributed by atoms with van der Waals surface area (Å²) in [5.74, 6) is 0.751. The number of carbonyl (C=O) groups is 1. The van der Waals surface area contributed by atoms with E-state index in [9.17, 15) is 9.59 Å². The summed E-state index contributed by atoms with van der Waals surface area (Å²) < 4.78 is 1.77. The summed E-state index contributed by atoms with van der Waals surface area (Å²) in [7, 11) is 0. The van der Waals surface area contributed by atoms with Gasteiger partial charge in [0.2, 0.25) is 5.91 Å². The van der Waals surface area contributed by atoms with Crippen LogP contribution in [0, 0.1) is 0 Å². The minimum atomic E-state index is -0.0843. The highest BCUT2D eigenvalue weighted by Gasteiger charge is 2.30. The third-order valence-electron chi connectivity index (χ3n) is 5.12. The number of rotatable bonds is 5. The molecule has 2 heterocycles. The van der Waals surface area contributed by atoms with E-state index in [1.54, 1.807) is 16.3 Å². The summed E-state index contributed by atoms with van der Waals surface area (Å²) in [6, 6.07) is 10.0. The topological polar surface area (TPSA) is 64.0 Å². The molecule has 136 valence electrons. The maximum Gasteiger partial charge on any atom is 0.257 e. The van der Waals surface area contributed by atoms with Crippen molar-refractivity contribution in [2.24, 2.45) is 0 Å². The standard InChI is InChI=1S/C20H23N3O2S/c24-18(21-11-10-14-6-2-1-3-7-14)12-15-13-26-20-22-17-9-5-4-8-16(17)19(25)23(15)20/h1-3,6-7,15H,4-5,8-13H2,(H,21,24). The van der Waals surface area contributed by atoms with E-state index in [1.165, 1.54) is 5.56 Å². The average molecular weight is 369 g/mol. The number of nitrogens with one attached hydrogen (secondary N) is 1. The van der Waals surface area contributed by atoms with Crippen molar-refractivity contribution in [2.75, 3.05) is 12.3 Å². The van der Waals surface area contributed by atoms with Gasteiger partial charge in [0.1, 0.15) is 0 Å². The molecule has 1 aliphatic carbocycles. The third-order valence-corrected chi connectivity index (χ3v) is 6.22. The smallest absolute Gasteiger partial charge is 0.257 e. The number of aromatic nitrogens is 2. The molecule has 0 radical (unpaired) electrons. The van der Waals surface area contributed by atoms with E-state index in [-0.39, 0.29) is 17.5 Å². The number of carbonyl (C=O) groups excluding carboxylic acids is 1. The maximum atomic E-state index is 12.9. The maximum absolute atomic E-state index is 12.9. The lowest BCUT2D eigenvalue weighted by atomic mass is 9.97. The highest BCUT2D eigenvalue weighted by Crippen LogP contribution is 2.33. The Morgan fingerprint density at radius 3 is 2.88 bits per heavy atom. The zero-order valence-corrected chi connectivity index (χ0v) is 15.6. The second-order valence-corrected chi connectivity index (χ2v) is 7.94. The summed E-state index contributed by atoms with van der Waals surface area (Å²) in [5.41, 5.74) is 3.14. The van der Waals surface area contributed by atoms with Gasteiger partial charge in [0, 0.05) is 24.3 Å². The normalized spacial score (nSPS) is 18.2. The summed E-state index contributed by atoms with van der Waals surface area (Å²) in [5, 5.41) is 3.78. The molecular weight excluding hydrogens is 346 g/mol. The number of fused-ring (bicyclic) bond motifs is 2. The Morgan fingerprint density at radius 1 is 1.23 bits per heavy atom. The molecule has 1 aromatic carbocycles. The number of benzene rings is 1. The Kier molecular flexibility index (Phi) is 5.11. The molecule has 26 heavy (non-hydrogen) atoms. The lowest BCUT2D eigenvalue weighted by molar-refractivity contribution is -0.121. The molecule has 0 bridgehead atoms. The molecule has 5 nitrogen and oxygen atoms in total. The summed E-state index contributed by atoms with van der Waals surface area (Å²) >= 11 is 1.60. The van der Waals surface area contributed by atoms with Gasteiger partial charge >= 0.3 is 0 Å². The SMILES string of the molecule is O=C(CC1CSc2nc3c(c(=O)n21)CCCC3)NCCc1ccccc1. The van der Waals surface area contributed by atoms with E-state index in [0.29, 0.717) is 13.0 Å². The highest BCUT2D eigenvalue weighted by atomic mass is 32.2. The number of amides is 1. The highest BCUT2D eigenvalue weighted by molar-refractivity contribution is 7.99. The quantitative estimate of drug-likeness (QED) is 0.823. The first-order valence-corrected chi connectivity index (χ1v) is 10.3. The fourth-order valence-electron chi connectivity index (χ4n) is 3.74. The zero-order valence-electron chi connectivity index (χ0n) is 14.7. The molecule has 1 aliphatic heterocycles. The van der Waals surface area contributed by atoms with Crippen LogP contribution in [-0.4, -0.2) is 27.8 Å². The summed E-state index contributed by atoms with van der Waals surface area (Å²) in [6.45, 7) is 0.618. The van der Waals surface area contributed by atoms with E-state index in [2.05, 4.69) is 17.4 Å². The van der Waals surface area contributed by atoms with Crippen molar-refractivity contribution >= 4 is 17.7 Å². The van der Waals surface area contributed by atoms with Crippen LogP contribution < -0.4 is 10.9 Å². The van der Waals surface area contributed by atoms with Crippen LogP contribution in [0.15, 0.2) is 40.3 Å². The van der Waals surface area contributed by atoms with E-state index in [4.69, 9.17) is 4.98 Å². The molecule has 0 fully saturated rings. The number of hydrogen-bond acceptors (Lipinski definition) is 4. The van der Waals surface area contributed by atoms with E-state index < -0.39 is 0 Å². The molecule has 1 N–H and O–H groups in total. The minimum Gasteiger partial charge on any atom is -0.356 e. The largest absolute Gasteiger partial charge is 0.356 e. The Bertz CT molecular complexity index is 863. The van der Waals surface area contributed by atoms with Gasteiger partial charge in [-0.05, 0) is 37.7 Å². The van der Waals surface area contributed by atoms with Crippen LogP contribution in [0.4, 0.5) is 0 Å². The van der Waals surface area contributed by atoms with Crippen molar-refractivity contribution in [3.8, 4) is 0 Å². The van der Waals surface area contributed by atoms with Crippen LogP contribution in [0.5, 0.6) is 0 Å². The predicted octanol–water partition coefficient (Wildman–Crippen LogP) is 2.52. The van der Waals surface area contributed by atoms with Crippen molar-refractivity contribution in [3.63, 3.8) is 0 Å². The first-order chi connectivity index (χ1) is 12.7. The van der Waals surface area contributed by atoms with Crippen molar-refractivity contribution in [2.45, 2.75) is 49.7 Å². The van der Waals surface area contributed by atoms with Gasteiger partial charge in [-0.1, -0.05) is 42.1 Å². The second-order valence-electron chi connectivity index (χ2n) is 6.96. The van der Waals surface area contributed by atoms with Gasteiger partial charge in [0.05, 0.1) is 11.7 Å². The third kappa shape index (κ3) is 3.56. The van der Waals surface area contributed by atoms with E-state index in [1.807, 2.05) is 18.2 Å². The van der Waals surface area contributed by atoms with Gasteiger partial charge in [-0.3, -0.25) is 14.2 Å². The van der Waals surface area contributed by atoms with Crippen LogP contribution in [0.25, 0.3) is 0 Å². The molecular formula is C20H23N3O2S. The van der Waals surface area contributed by atoms with Gasteiger partial charge in [-0.25, -0.2) is 4.98 Å². The van der Waals surface area contributed by atoms with E-state index >= 15 is 0 Å². The first kappa shape index (κ1) is 17.3. The molecule has 6 heteroatoms. The lowest BCUT2D eigenvalue weighted by Crippen LogP contribution is -2.34. The molecule has 2 aliphatic rings. The van der Waals surface area contributed by atoms with E-state index in [0.717, 1.165) is 54.3 Å². The molecule has 1 unspecified atom stereocenters. The zero-order chi connectivity index (χ0) is 17.9. The first-order valence-electron chi connectivity index (χ1n) is 9.30. The van der Waals surface area contributed by atoms with Crippen LogP contribution in [0.1, 0.15) is 42.1 Å². The molecule has 4 rings (SSSR count). The summed E-state index contributed by atoms with van der Waals surface area (Å²) in [4.78, 5) is 29.9. The average Bonchev–Trinajstić information content (AvgIpc) is 3.05. The molecule has 0 saturated carbocycles. The Hall–Kier alpha value is -2.08. The molecule has 1 amide bonds. The number of hydrogen-bond donors (Lipinski definition) is 1. The van der Waals surface area contributed by atoms with Crippen LogP contribution in [0.3, 0.4) is 0 Å². The fourth-order valence-corrected chi connectivity index (χ4v) is 4.90. The molecule has 0 saturated heterocycles. The van der Waals surface area contributed by atoms with Gasteiger partial charge in [0.15, 0.2) is 5.16 Å². The van der Waals surface area contributed by atoms with Crippen molar-refractivity contribution < 1.29 is 4.79 Å². The van der Waals surface area contributed by atoms with Crippen molar-refractivity contribution in [1.82, 2.24) is 14.9 Å². The van der Waals surface area contributed by atoms with Crippen LogP contribution in [-0.2, 0) is 24.1 Å². The minimum absolute atomic E-state index is 0.00371. The van der Waals surface area contributed by atoms with Crippen molar-refractivity contribution in [3.05, 3.63) is 57.5 Å². The van der Waals surface area contributed by atoms with Gasteiger partial charge < -0.3 is 5.32 Å². The van der Waals surface area contributed by atoms with Crippen molar-refractivity contribution in [1.29, 1.82) is 0 Å². The molecule has 2 aromatic rings. The number of thioether (sulfide) groups is 1. The molecule has 1 aromatic heterocycles. The molecule has 0 spiro atoms. The molecule has 1 atom stereocenters.